The van der Waals surface area contributed by atoms with Crippen LogP contribution >= 0.6 is 0 Å². The van der Waals surface area contributed by atoms with E-state index >= 15 is 0 Å². The summed E-state index contributed by atoms with van der Waals surface area (Å²) in [4.78, 5) is 12.8. The van der Waals surface area contributed by atoms with Crippen LogP contribution in [0.25, 0.3) is 0 Å². The van der Waals surface area contributed by atoms with Crippen LogP contribution in [0.15, 0.2) is 18.2 Å². The SMILES string of the molecule is CCOC(=O)CN(C)c1ccc(F)cc1C#N. The first-order valence-corrected chi connectivity index (χ1v) is 5.15. The fourth-order valence-electron chi connectivity index (χ4n) is 1.42. The summed E-state index contributed by atoms with van der Waals surface area (Å²) in [5.74, 6) is -0.863. The molecule has 0 aromatic heterocycles. The molecule has 0 aliphatic rings. The molecule has 0 aliphatic heterocycles. The molecule has 1 aromatic rings. The third kappa shape index (κ3) is 3.45. The third-order valence-corrected chi connectivity index (χ3v) is 2.16. The minimum atomic E-state index is -0.477. The first-order valence-electron chi connectivity index (χ1n) is 5.15. The summed E-state index contributed by atoms with van der Waals surface area (Å²) in [6.07, 6.45) is 0. The molecule has 0 unspecified atom stereocenters. The predicted molar refractivity (Wildman–Crippen MR) is 61.0 cm³/mol. The van der Waals surface area contributed by atoms with Gasteiger partial charge < -0.3 is 9.64 Å². The standard InChI is InChI=1S/C12H13FN2O2/c1-3-17-12(16)8-15(2)11-5-4-10(13)6-9(11)7-14/h4-6H,3,8H2,1-2H3. The second kappa shape index (κ2) is 5.85. The minimum absolute atomic E-state index is 0.0220. The molecule has 0 amide bonds. The summed E-state index contributed by atoms with van der Waals surface area (Å²) in [5, 5.41) is 8.87. The molecule has 0 fully saturated rings. The second-order valence-corrected chi connectivity index (χ2v) is 3.43. The Hall–Kier alpha value is -2.09. The van der Waals surface area contributed by atoms with Gasteiger partial charge in [-0.25, -0.2) is 4.39 Å². The molecule has 0 atom stereocenters. The van der Waals surface area contributed by atoms with Gasteiger partial charge in [0.1, 0.15) is 18.4 Å². The van der Waals surface area contributed by atoms with Crippen molar-refractivity contribution in [2.75, 3.05) is 25.1 Å². The van der Waals surface area contributed by atoms with E-state index < -0.39 is 5.82 Å². The number of nitrogens with zero attached hydrogens (tertiary/aromatic N) is 2. The Bertz CT molecular complexity index is 454. The second-order valence-electron chi connectivity index (χ2n) is 3.43. The number of carbonyl (C=O) groups excluding carboxylic acids is 1. The fraction of sp³-hybridized carbons (Fsp3) is 0.333. The van der Waals surface area contributed by atoms with Gasteiger partial charge in [0, 0.05) is 7.05 Å². The Morgan fingerprint density at radius 2 is 2.29 bits per heavy atom. The number of ether oxygens (including phenoxy) is 1. The number of hydrogen-bond donors (Lipinski definition) is 0. The molecule has 4 nitrogen and oxygen atoms in total. The smallest absolute Gasteiger partial charge is 0.325 e. The fourth-order valence-corrected chi connectivity index (χ4v) is 1.42. The lowest BCUT2D eigenvalue weighted by Gasteiger charge is -2.19. The lowest BCUT2D eigenvalue weighted by atomic mass is 10.1. The van der Waals surface area contributed by atoms with Crippen LogP contribution in [0, 0.1) is 17.1 Å². The van der Waals surface area contributed by atoms with Gasteiger partial charge in [-0.3, -0.25) is 4.79 Å². The summed E-state index contributed by atoms with van der Waals surface area (Å²) in [5.41, 5.74) is 0.693. The predicted octanol–water partition coefficient (Wildman–Crippen LogP) is 1.70. The van der Waals surface area contributed by atoms with E-state index in [1.54, 1.807) is 18.9 Å². The van der Waals surface area contributed by atoms with Gasteiger partial charge in [0.05, 0.1) is 17.9 Å². The van der Waals surface area contributed by atoms with Crippen molar-refractivity contribution >= 4 is 11.7 Å². The van der Waals surface area contributed by atoms with Crippen LogP contribution in [0.5, 0.6) is 0 Å². The van der Waals surface area contributed by atoms with Gasteiger partial charge in [-0.2, -0.15) is 5.26 Å². The molecule has 0 spiro atoms. The van der Waals surface area contributed by atoms with Crippen LogP contribution in [-0.2, 0) is 9.53 Å². The molecule has 0 N–H and O–H groups in total. The molecule has 0 bridgehead atoms. The molecule has 1 rings (SSSR count). The molecular formula is C12H13FN2O2. The maximum Gasteiger partial charge on any atom is 0.325 e. The summed E-state index contributed by atoms with van der Waals surface area (Å²) in [6, 6.07) is 5.74. The first-order chi connectivity index (χ1) is 8.08. The Morgan fingerprint density at radius 3 is 2.88 bits per heavy atom. The average molecular weight is 236 g/mol. The maximum absolute atomic E-state index is 12.9. The quantitative estimate of drug-likeness (QED) is 0.746. The van der Waals surface area contributed by atoms with E-state index in [1.807, 2.05) is 6.07 Å². The Labute approximate surface area is 99.2 Å². The number of rotatable bonds is 4. The van der Waals surface area contributed by atoms with Crippen molar-refractivity contribution in [2.45, 2.75) is 6.92 Å². The lowest BCUT2D eigenvalue weighted by molar-refractivity contribution is -0.141. The monoisotopic (exact) mass is 236 g/mol. The highest BCUT2D eigenvalue weighted by Crippen LogP contribution is 2.19. The maximum atomic E-state index is 12.9. The zero-order chi connectivity index (χ0) is 12.8. The topological polar surface area (TPSA) is 53.3 Å². The molecule has 90 valence electrons. The van der Waals surface area contributed by atoms with Gasteiger partial charge in [0.2, 0.25) is 0 Å². The number of benzene rings is 1. The summed E-state index contributed by atoms with van der Waals surface area (Å²) >= 11 is 0. The zero-order valence-electron chi connectivity index (χ0n) is 9.74. The van der Waals surface area contributed by atoms with Gasteiger partial charge >= 0.3 is 5.97 Å². The van der Waals surface area contributed by atoms with Crippen LogP contribution in [0.2, 0.25) is 0 Å². The molecule has 0 saturated heterocycles. The molecule has 1 aromatic carbocycles. The number of carbonyl (C=O) groups is 1. The molecule has 17 heavy (non-hydrogen) atoms. The summed E-state index contributed by atoms with van der Waals surface area (Å²) < 4.78 is 17.7. The Kier molecular flexibility index (Phi) is 4.46. The van der Waals surface area contributed by atoms with Crippen molar-refractivity contribution in [1.29, 1.82) is 5.26 Å². The van der Waals surface area contributed by atoms with Gasteiger partial charge in [0.25, 0.3) is 0 Å². The third-order valence-electron chi connectivity index (χ3n) is 2.16. The van der Waals surface area contributed by atoms with E-state index in [9.17, 15) is 9.18 Å². The number of anilines is 1. The van der Waals surface area contributed by atoms with Gasteiger partial charge in [-0.1, -0.05) is 0 Å². The van der Waals surface area contributed by atoms with Crippen LogP contribution in [0.4, 0.5) is 10.1 Å². The van der Waals surface area contributed by atoms with Crippen molar-refractivity contribution in [1.82, 2.24) is 0 Å². The first kappa shape index (κ1) is 13.0. The van der Waals surface area contributed by atoms with Gasteiger partial charge in [-0.15, -0.1) is 0 Å². The normalized spacial score (nSPS) is 9.53. The van der Waals surface area contributed by atoms with E-state index in [4.69, 9.17) is 10.00 Å². The summed E-state index contributed by atoms with van der Waals surface area (Å²) in [6.45, 7) is 2.05. The molecule has 0 saturated carbocycles. The molecule has 0 radical (unpaired) electrons. The highest BCUT2D eigenvalue weighted by atomic mass is 19.1. The average Bonchev–Trinajstić information content (AvgIpc) is 2.28. The summed E-state index contributed by atoms with van der Waals surface area (Å²) in [7, 11) is 1.64. The number of nitriles is 1. The molecule has 5 heteroatoms. The van der Waals surface area contributed by atoms with Crippen molar-refractivity contribution in [3.8, 4) is 6.07 Å². The number of likely N-dealkylation sites (N-methyl/N-ethyl adjacent to an activating group) is 1. The number of esters is 1. The van der Waals surface area contributed by atoms with Gasteiger partial charge in [-0.05, 0) is 25.1 Å². The number of halogens is 1. The van der Waals surface area contributed by atoms with Crippen LogP contribution in [0.3, 0.4) is 0 Å². The van der Waals surface area contributed by atoms with E-state index in [0.29, 0.717) is 12.3 Å². The van der Waals surface area contributed by atoms with Crippen molar-refractivity contribution in [3.05, 3.63) is 29.6 Å². The Balaban J connectivity index is 2.86. The van der Waals surface area contributed by atoms with E-state index in [2.05, 4.69) is 0 Å². The van der Waals surface area contributed by atoms with Crippen LogP contribution in [-0.4, -0.2) is 26.2 Å². The van der Waals surface area contributed by atoms with Crippen molar-refractivity contribution in [2.24, 2.45) is 0 Å². The van der Waals surface area contributed by atoms with Crippen LogP contribution < -0.4 is 4.90 Å². The van der Waals surface area contributed by atoms with E-state index in [1.165, 1.54) is 12.1 Å². The van der Waals surface area contributed by atoms with Gasteiger partial charge in [0.15, 0.2) is 0 Å². The van der Waals surface area contributed by atoms with Crippen molar-refractivity contribution < 1.29 is 13.9 Å². The van der Waals surface area contributed by atoms with Crippen molar-refractivity contribution in [3.63, 3.8) is 0 Å². The lowest BCUT2D eigenvalue weighted by Crippen LogP contribution is -2.27. The van der Waals surface area contributed by atoms with E-state index in [0.717, 1.165) is 6.07 Å². The highest BCUT2D eigenvalue weighted by molar-refractivity contribution is 5.76. The molecule has 0 heterocycles. The zero-order valence-corrected chi connectivity index (χ0v) is 9.74. The highest BCUT2D eigenvalue weighted by Gasteiger charge is 2.12. The van der Waals surface area contributed by atoms with Crippen LogP contribution in [0.1, 0.15) is 12.5 Å². The number of hydrogen-bond acceptors (Lipinski definition) is 4. The molecular weight excluding hydrogens is 223 g/mol. The minimum Gasteiger partial charge on any atom is -0.465 e. The molecule has 0 aliphatic carbocycles. The Morgan fingerprint density at radius 1 is 1.59 bits per heavy atom. The largest absolute Gasteiger partial charge is 0.465 e. The van der Waals surface area contributed by atoms with E-state index in [-0.39, 0.29) is 18.1 Å².